The molecule has 0 fully saturated rings. The fourth-order valence-corrected chi connectivity index (χ4v) is 3.43. The number of amides is 2. The molecule has 3 aromatic rings. The van der Waals surface area contributed by atoms with Crippen LogP contribution in [0.15, 0.2) is 47.1 Å². The highest BCUT2D eigenvalue weighted by atomic mass is 16.3. The molecule has 0 bridgehead atoms. The first-order valence-electron chi connectivity index (χ1n) is 9.79. The van der Waals surface area contributed by atoms with Crippen LogP contribution in [0.25, 0.3) is 11.4 Å². The molecule has 1 atom stereocenters. The van der Waals surface area contributed by atoms with Crippen molar-refractivity contribution in [1.82, 2.24) is 20.1 Å². The standard InChI is InChI=1S/C21H23N5O3/c1-14(22-21(28)17-9-6-12-29-17)20(27)23-16-8-5-7-15(13-16)19-25-24-18-10-3-2-4-11-26(18)19/h5-9,12-14H,2-4,10-11H2,1H3,(H,22,28)(H,23,27)/t14-/m0/s1. The van der Waals surface area contributed by atoms with Gasteiger partial charge in [0.15, 0.2) is 11.6 Å². The summed E-state index contributed by atoms with van der Waals surface area (Å²) < 4.78 is 7.21. The van der Waals surface area contributed by atoms with Crippen LogP contribution in [0.4, 0.5) is 5.69 Å². The summed E-state index contributed by atoms with van der Waals surface area (Å²) in [4.78, 5) is 24.5. The number of nitrogens with one attached hydrogen (secondary N) is 2. The summed E-state index contributed by atoms with van der Waals surface area (Å²) in [6.07, 6.45) is 5.80. The van der Waals surface area contributed by atoms with Crippen LogP contribution in [0.5, 0.6) is 0 Å². The van der Waals surface area contributed by atoms with E-state index in [4.69, 9.17) is 4.42 Å². The lowest BCUT2D eigenvalue weighted by molar-refractivity contribution is -0.117. The molecule has 1 aliphatic rings. The number of rotatable bonds is 5. The molecule has 29 heavy (non-hydrogen) atoms. The Balaban J connectivity index is 1.46. The van der Waals surface area contributed by atoms with Gasteiger partial charge in [0, 0.05) is 24.2 Å². The molecule has 0 radical (unpaired) electrons. The maximum atomic E-state index is 12.5. The van der Waals surface area contributed by atoms with Crippen LogP contribution in [-0.2, 0) is 17.8 Å². The van der Waals surface area contributed by atoms with E-state index in [0.29, 0.717) is 5.69 Å². The highest BCUT2D eigenvalue weighted by Crippen LogP contribution is 2.25. The first-order chi connectivity index (χ1) is 14.1. The Morgan fingerprint density at radius 2 is 2.03 bits per heavy atom. The van der Waals surface area contributed by atoms with E-state index in [9.17, 15) is 9.59 Å². The number of aryl methyl sites for hydroxylation is 1. The fourth-order valence-electron chi connectivity index (χ4n) is 3.43. The largest absolute Gasteiger partial charge is 0.459 e. The zero-order valence-corrected chi connectivity index (χ0v) is 16.2. The molecular formula is C21H23N5O3. The number of anilines is 1. The van der Waals surface area contributed by atoms with Crippen molar-refractivity contribution in [2.45, 2.75) is 45.2 Å². The van der Waals surface area contributed by atoms with Crippen molar-refractivity contribution in [1.29, 1.82) is 0 Å². The Hall–Kier alpha value is -3.42. The number of aromatic nitrogens is 3. The molecule has 2 aromatic heterocycles. The average Bonchev–Trinajstić information content (AvgIpc) is 3.34. The van der Waals surface area contributed by atoms with E-state index < -0.39 is 11.9 Å². The van der Waals surface area contributed by atoms with Gasteiger partial charge in [-0.3, -0.25) is 9.59 Å². The quantitative estimate of drug-likeness (QED) is 0.694. The molecule has 1 aliphatic heterocycles. The summed E-state index contributed by atoms with van der Waals surface area (Å²) in [7, 11) is 0. The number of carbonyl (C=O) groups excluding carboxylic acids is 2. The highest BCUT2D eigenvalue weighted by molar-refractivity contribution is 6.00. The summed E-state index contributed by atoms with van der Waals surface area (Å²) in [5.74, 6) is 1.25. The summed E-state index contributed by atoms with van der Waals surface area (Å²) in [6.45, 7) is 2.53. The van der Waals surface area contributed by atoms with Crippen molar-refractivity contribution >= 4 is 17.5 Å². The molecule has 4 rings (SSSR count). The lowest BCUT2D eigenvalue weighted by Crippen LogP contribution is -2.41. The molecule has 1 aromatic carbocycles. The molecule has 0 saturated heterocycles. The molecular weight excluding hydrogens is 370 g/mol. The van der Waals surface area contributed by atoms with Crippen molar-refractivity contribution in [3.63, 3.8) is 0 Å². The predicted molar refractivity (Wildman–Crippen MR) is 107 cm³/mol. The average molecular weight is 393 g/mol. The van der Waals surface area contributed by atoms with E-state index in [-0.39, 0.29) is 11.7 Å². The van der Waals surface area contributed by atoms with Gasteiger partial charge in [-0.15, -0.1) is 10.2 Å². The van der Waals surface area contributed by atoms with E-state index in [1.165, 1.54) is 12.7 Å². The Morgan fingerprint density at radius 3 is 2.86 bits per heavy atom. The lowest BCUT2D eigenvalue weighted by Gasteiger charge is -2.14. The summed E-state index contributed by atoms with van der Waals surface area (Å²) in [5.41, 5.74) is 1.54. The van der Waals surface area contributed by atoms with Crippen molar-refractivity contribution in [3.05, 3.63) is 54.2 Å². The smallest absolute Gasteiger partial charge is 0.287 e. The lowest BCUT2D eigenvalue weighted by atomic mass is 10.1. The monoisotopic (exact) mass is 393 g/mol. The van der Waals surface area contributed by atoms with E-state index in [1.54, 1.807) is 19.1 Å². The van der Waals surface area contributed by atoms with Gasteiger partial charge >= 0.3 is 0 Å². The molecule has 2 N–H and O–H groups in total. The van der Waals surface area contributed by atoms with Crippen LogP contribution in [0.3, 0.4) is 0 Å². The fraction of sp³-hybridized carbons (Fsp3) is 0.333. The summed E-state index contributed by atoms with van der Waals surface area (Å²) in [5, 5.41) is 14.2. The van der Waals surface area contributed by atoms with Crippen molar-refractivity contribution in [2.75, 3.05) is 5.32 Å². The van der Waals surface area contributed by atoms with Gasteiger partial charge in [0.05, 0.1) is 6.26 Å². The van der Waals surface area contributed by atoms with Crippen LogP contribution in [0.2, 0.25) is 0 Å². The first-order valence-corrected chi connectivity index (χ1v) is 9.79. The zero-order valence-electron chi connectivity index (χ0n) is 16.2. The van der Waals surface area contributed by atoms with Crippen LogP contribution < -0.4 is 10.6 Å². The minimum Gasteiger partial charge on any atom is -0.459 e. The third-order valence-electron chi connectivity index (χ3n) is 4.98. The van der Waals surface area contributed by atoms with E-state index >= 15 is 0 Å². The molecule has 0 spiro atoms. The van der Waals surface area contributed by atoms with Crippen LogP contribution in [0.1, 0.15) is 42.6 Å². The third-order valence-corrected chi connectivity index (χ3v) is 4.98. The minimum atomic E-state index is -0.722. The molecule has 3 heterocycles. The number of hydrogen-bond donors (Lipinski definition) is 2. The highest BCUT2D eigenvalue weighted by Gasteiger charge is 2.19. The zero-order chi connectivity index (χ0) is 20.2. The summed E-state index contributed by atoms with van der Waals surface area (Å²) >= 11 is 0. The molecule has 8 nitrogen and oxygen atoms in total. The van der Waals surface area contributed by atoms with Gasteiger partial charge in [0.1, 0.15) is 11.9 Å². The topological polar surface area (TPSA) is 102 Å². The van der Waals surface area contributed by atoms with Crippen LogP contribution in [0, 0.1) is 0 Å². The predicted octanol–water partition coefficient (Wildman–Crippen LogP) is 3.02. The third kappa shape index (κ3) is 4.21. The second-order valence-electron chi connectivity index (χ2n) is 7.14. The maximum absolute atomic E-state index is 12.5. The Kier molecular flexibility index (Phi) is 5.41. The molecule has 8 heteroatoms. The van der Waals surface area contributed by atoms with Crippen LogP contribution in [-0.4, -0.2) is 32.6 Å². The normalized spacial score (nSPS) is 14.5. The van der Waals surface area contributed by atoms with Gasteiger partial charge < -0.3 is 19.6 Å². The van der Waals surface area contributed by atoms with E-state index in [2.05, 4.69) is 25.4 Å². The van der Waals surface area contributed by atoms with Crippen molar-refractivity contribution < 1.29 is 14.0 Å². The Labute approximate surface area is 168 Å². The second kappa shape index (κ2) is 8.30. The van der Waals surface area contributed by atoms with Crippen molar-refractivity contribution in [2.24, 2.45) is 0 Å². The number of nitrogens with zero attached hydrogens (tertiary/aromatic N) is 3. The van der Waals surface area contributed by atoms with Gasteiger partial charge in [0.2, 0.25) is 5.91 Å². The molecule has 0 saturated carbocycles. The number of benzene rings is 1. The molecule has 0 aliphatic carbocycles. The first kappa shape index (κ1) is 18.9. The summed E-state index contributed by atoms with van der Waals surface area (Å²) in [6, 6.07) is 9.96. The second-order valence-corrected chi connectivity index (χ2v) is 7.14. The SMILES string of the molecule is C[C@H](NC(=O)c1ccco1)C(=O)Nc1cccc(-c2nnc3n2CCCCC3)c1. The maximum Gasteiger partial charge on any atom is 0.287 e. The van der Waals surface area contributed by atoms with Gasteiger partial charge in [-0.1, -0.05) is 18.6 Å². The molecule has 0 unspecified atom stereocenters. The Bertz CT molecular complexity index is 1010. The Morgan fingerprint density at radius 1 is 1.14 bits per heavy atom. The number of hydrogen-bond acceptors (Lipinski definition) is 5. The van der Waals surface area contributed by atoms with Gasteiger partial charge in [-0.25, -0.2) is 0 Å². The van der Waals surface area contributed by atoms with E-state index in [1.807, 2.05) is 24.3 Å². The molecule has 150 valence electrons. The van der Waals surface area contributed by atoms with Gasteiger partial charge in [0.25, 0.3) is 5.91 Å². The number of fused-ring (bicyclic) bond motifs is 1. The van der Waals surface area contributed by atoms with E-state index in [0.717, 1.165) is 43.0 Å². The van der Waals surface area contributed by atoms with Crippen molar-refractivity contribution in [3.8, 4) is 11.4 Å². The van der Waals surface area contributed by atoms with Gasteiger partial charge in [-0.2, -0.15) is 0 Å². The van der Waals surface area contributed by atoms with Crippen LogP contribution >= 0.6 is 0 Å². The molecule has 2 amide bonds. The number of carbonyl (C=O) groups is 2. The minimum absolute atomic E-state index is 0.166. The number of furan rings is 1. The van der Waals surface area contributed by atoms with Gasteiger partial charge in [-0.05, 0) is 44.0 Å².